The van der Waals surface area contributed by atoms with Crippen molar-refractivity contribution in [1.29, 1.82) is 0 Å². The van der Waals surface area contributed by atoms with Gasteiger partial charge in [0, 0.05) is 4.88 Å². The first-order chi connectivity index (χ1) is 11.2. The Morgan fingerprint density at radius 2 is 1.75 bits per heavy atom. The maximum Gasteiger partial charge on any atom is 0.345 e. The van der Waals surface area contributed by atoms with Gasteiger partial charge in [-0.1, -0.05) is 33.8 Å². The summed E-state index contributed by atoms with van der Waals surface area (Å²) in [6.45, 7) is 9.61. The molecular formula is C20H24O3S. The largest absolute Gasteiger partial charge is 0.488 e. The van der Waals surface area contributed by atoms with Gasteiger partial charge in [-0.25, -0.2) is 4.79 Å². The number of thiophene rings is 1. The predicted molar refractivity (Wildman–Crippen MR) is 97.3 cm³/mol. The van der Waals surface area contributed by atoms with Crippen LogP contribution in [0.1, 0.15) is 66.2 Å². The summed E-state index contributed by atoms with van der Waals surface area (Å²) in [5.74, 6) is -0.0335. The summed E-state index contributed by atoms with van der Waals surface area (Å²) in [4.78, 5) is 12.2. The Bertz CT molecular complexity index is 771. The lowest BCUT2D eigenvalue weighted by Crippen LogP contribution is -2.33. The first-order valence-electron chi connectivity index (χ1n) is 8.29. The lowest BCUT2D eigenvalue weighted by molar-refractivity contribution is 0.0702. The normalized spacial score (nSPS) is 18.0. The van der Waals surface area contributed by atoms with Gasteiger partial charge in [0.05, 0.1) is 0 Å². The Labute approximate surface area is 147 Å². The third-order valence-corrected chi connectivity index (χ3v) is 6.12. The zero-order valence-corrected chi connectivity index (χ0v) is 15.5. The third-order valence-electron chi connectivity index (χ3n) is 5.08. The molecule has 0 amide bonds. The maximum atomic E-state index is 11.0. The van der Waals surface area contributed by atoms with Crippen molar-refractivity contribution in [2.24, 2.45) is 0 Å². The fourth-order valence-corrected chi connectivity index (χ4v) is 4.14. The maximum absolute atomic E-state index is 11.0. The van der Waals surface area contributed by atoms with Gasteiger partial charge in [-0.3, -0.25) is 0 Å². The highest BCUT2D eigenvalue weighted by Gasteiger charge is 2.37. The monoisotopic (exact) mass is 344 g/mol. The van der Waals surface area contributed by atoms with Crippen LogP contribution in [0.25, 0.3) is 0 Å². The molecule has 1 aromatic heterocycles. The second-order valence-corrected chi connectivity index (χ2v) is 9.00. The molecule has 3 nitrogen and oxygen atoms in total. The van der Waals surface area contributed by atoms with Gasteiger partial charge in [0.1, 0.15) is 17.2 Å². The number of hydrogen-bond donors (Lipinski definition) is 1. The molecule has 24 heavy (non-hydrogen) atoms. The minimum atomic E-state index is -0.885. The second kappa shape index (κ2) is 5.92. The van der Waals surface area contributed by atoms with E-state index in [0.29, 0.717) is 11.5 Å². The standard InChI is InChI=1S/C20H24O3S/c1-19(2)9-10-20(3,4)16-11-13(5-7-15(16)19)23-12-14-6-8-17(24-14)18(21)22/h5-8,11H,9-10,12H2,1-4H3,(H,21,22). The van der Waals surface area contributed by atoms with Crippen LogP contribution in [-0.4, -0.2) is 11.1 Å². The lowest BCUT2D eigenvalue weighted by Gasteiger charge is -2.41. The molecule has 1 aliphatic rings. The number of carboxylic acid groups (broad SMARTS) is 1. The van der Waals surface area contributed by atoms with Gasteiger partial charge in [0.2, 0.25) is 0 Å². The van der Waals surface area contributed by atoms with E-state index in [2.05, 4.69) is 39.8 Å². The Morgan fingerprint density at radius 3 is 2.38 bits per heavy atom. The minimum Gasteiger partial charge on any atom is -0.488 e. The smallest absolute Gasteiger partial charge is 0.345 e. The molecule has 0 saturated carbocycles. The van der Waals surface area contributed by atoms with Crippen LogP contribution in [0, 0.1) is 0 Å². The SMILES string of the molecule is CC1(C)CCC(C)(C)c2cc(OCc3ccc(C(=O)O)s3)ccc21. The first-order valence-corrected chi connectivity index (χ1v) is 9.10. The highest BCUT2D eigenvalue weighted by Crippen LogP contribution is 2.46. The van der Waals surface area contributed by atoms with Gasteiger partial charge in [-0.05, 0) is 59.1 Å². The van der Waals surface area contributed by atoms with Crippen LogP contribution in [-0.2, 0) is 17.4 Å². The zero-order chi connectivity index (χ0) is 17.5. The lowest BCUT2D eigenvalue weighted by atomic mass is 9.63. The Balaban J connectivity index is 1.81. The van der Waals surface area contributed by atoms with E-state index in [1.807, 2.05) is 12.1 Å². The molecule has 2 aromatic rings. The van der Waals surface area contributed by atoms with Crippen LogP contribution in [0.4, 0.5) is 0 Å². The average Bonchev–Trinajstić information content (AvgIpc) is 2.99. The number of hydrogen-bond acceptors (Lipinski definition) is 3. The summed E-state index contributed by atoms with van der Waals surface area (Å²) in [7, 11) is 0. The van der Waals surface area contributed by atoms with Crippen molar-refractivity contribution >= 4 is 17.3 Å². The van der Waals surface area contributed by atoms with Gasteiger partial charge in [0.25, 0.3) is 0 Å². The van der Waals surface area contributed by atoms with Gasteiger partial charge >= 0.3 is 5.97 Å². The number of benzene rings is 1. The molecule has 0 fully saturated rings. The van der Waals surface area contributed by atoms with E-state index in [9.17, 15) is 4.79 Å². The summed E-state index contributed by atoms with van der Waals surface area (Å²) in [5.41, 5.74) is 3.14. The number of fused-ring (bicyclic) bond motifs is 1. The summed E-state index contributed by atoms with van der Waals surface area (Å²) < 4.78 is 5.93. The second-order valence-electron chi connectivity index (χ2n) is 7.83. The average molecular weight is 344 g/mol. The van der Waals surface area contributed by atoms with Crippen molar-refractivity contribution in [3.63, 3.8) is 0 Å². The Morgan fingerprint density at radius 1 is 1.08 bits per heavy atom. The summed E-state index contributed by atoms with van der Waals surface area (Å²) in [6.07, 6.45) is 2.36. The highest BCUT2D eigenvalue weighted by atomic mass is 32.1. The van der Waals surface area contributed by atoms with E-state index in [1.54, 1.807) is 6.07 Å². The molecule has 0 radical (unpaired) electrons. The van der Waals surface area contributed by atoms with E-state index in [4.69, 9.17) is 9.84 Å². The van der Waals surface area contributed by atoms with Crippen LogP contribution >= 0.6 is 11.3 Å². The van der Waals surface area contributed by atoms with Crippen LogP contribution < -0.4 is 4.74 Å². The van der Waals surface area contributed by atoms with Crippen molar-refractivity contribution < 1.29 is 14.6 Å². The molecule has 1 aliphatic carbocycles. The van der Waals surface area contributed by atoms with E-state index in [-0.39, 0.29) is 10.8 Å². The van der Waals surface area contributed by atoms with Crippen molar-refractivity contribution in [1.82, 2.24) is 0 Å². The molecule has 0 atom stereocenters. The number of rotatable bonds is 4. The molecule has 4 heteroatoms. The van der Waals surface area contributed by atoms with E-state index in [1.165, 1.54) is 35.3 Å². The first kappa shape index (κ1) is 17.0. The van der Waals surface area contributed by atoms with E-state index in [0.717, 1.165) is 10.6 Å². The highest BCUT2D eigenvalue weighted by molar-refractivity contribution is 7.13. The summed E-state index contributed by atoms with van der Waals surface area (Å²) in [6, 6.07) is 9.85. The Kier molecular flexibility index (Phi) is 4.20. The van der Waals surface area contributed by atoms with Crippen LogP contribution in [0.3, 0.4) is 0 Å². The van der Waals surface area contributed by atoms with Crippen molar-refractivity contribution in [3.05, 3.63) is 51.2 Å². The van der Waals surface area contributed by atoms with Crippen molar-refractivity contribution in [3.8, 4) is 5.75 Å². The van der Waals surface area contributed by atoms with Gasteiger partial charge in [-0.2, -0.15) is 0 Å². The predicted octanol–water partition coefficient (Wildman–Crippen LogP) is 5.37. The molecule has 0 saturated heterocycles. The number of carboxylic acids is 1. The van der Waals surface area contributed by atoms with E-state index < -0.39 is 5.97 Å². The molecule has 1 N–H and O–H groups in total. The molecule has 3 rings (SSSR count). The Hall–Kier alpha value is -1.81. The van der Waals surface area contributed by atoms with Crippen LogP contribution in [0.2, 0.25) is 0 Å². The molecule has 1 aromatic carbocycles. The number of ether oxygens (including phenoxy) is 1. The molecule has 0 aliphatic heterocycles. The fourth-order valence-electron chi connectivity index (χ4n) is 3.38. The molecule has 128 valence electrons. The number of carbonyl (C=O) groups is 1. The summed E-state index contributed by atoms with van der Waals surface area (Å²) >= 11 is 1.26. The van der Waals surface area contributed by atoms with Crippen LogP contribution in [0.5, 0.6) is 5.75 Å². The third kappa shape index (κ3) is 3.20. The minimum absolute atomic E-state index is 0.156. The van der Waals surface area contributed by atoms with Crippen LogP contribution in [0.15, 0.2) is 30.3 Å². The van der Waals surface area contributed by atoms with Gasteiger partial charge in [0.15, 0.2) is 0 Å². The topological polar surface area (TPSA) is 46.5 Å². The molecular weight excluding hydrogens is 320 g/mol. The zero-order valence-electron chi connectivity index (χ0n) is 14.7. The fraction of sp³-hybridized carbons (Fsp3) is 0.450. The molecule has 1 heterocycles. The quantitative estimate of drug-likeness (QED) is 0.810. The van der Waals surface area contributed by atoms with Gasteiger partial charge < -0.3 is 9.84 Å². The molecule has 0 spiro atoms. The number of aromatic carboxylic acids is 1. The van der Waals surface area contributed by atoms with Gasteiger partial charge in [-0.15, -0.1) is 11.3 Å². The molecule has 0 unspecified atom stereocenters. The van der Waals surface area contributed by atoms with Crippen molar-refractivity contribution in [2.45, 2.75) is 58.0 Å². The summed E-state index contributed by atoms with van der Waals surface area (Å²) in [5, 5.41) is 8.99. The van der Waals surface area contributed by atoms with E-state index >= 15 is 0 Å². The molecule has 0 bridgehead atoms. The van der Waals surface area contributed by atoms with Crippen molar-refractivity contribution in [2.75, 3.05) is 0 Å².